The first-order valence-corrected chi connectivity index (χ1v) is 11.2. The van der Waals surface area contributed by atoms with Crippen LogP contribution in [0.25, 0.3) is 11.0 Å². The summed E-state index contributed by atoms with van der Waals surface area (Å²) in [5.41, 5.74) is 1.41. The van der Waals surface area contributed by atoms with Gasteiger partial charge in [-0.25, -0.2) is 9.97 Å². The van der Waals surface area contributed by atoms with Gasteiger partial charge < -0.3 is 15.2 Å². The Balaban J connectivity index is 1.38. The molecule has 3 heterocycles. The van der Waals surface area contributed by atoms with Crippen LogP contribution in [0, 0.1) is 10.3 Å². The van der Waals surface area contributed by atoms with E-state index in [1.807, 2.05) is 43.5 Å². The number of carbonyl (C=O) groups is 1. The fraction of sp³-hybridized carbons (Fsp3) is 0.435. The Morgan fingerprint density at radius 2 is 2.00 bits per heavy atom. The van der Waals surface area contributed by atoms with Gasteiger partial charge in [0.1, 0.15) is 17.8 Å². The molecule has 0 radical (unpaired) electrons. The lowest BCUT2D eigenvalue weighted by Gasteiger charge is -2.39. The number of aromatic nitrogens is 3. The molecule has 1 atom stereocenters. The Hall–Kier alpha value is -3.00. The van der Waals surface area contributed by atoms with Crippen LogP contribution in [0.15, 0.2) is 48.0 Å². The number of amides is 1. The molecule has 0 spiro atoms. The molecule has 1 saturated heterocycles. The number of fused-ring (bicyclic) bond motifs is 1. The minimum absolute atomic E-state index is 0.0144. The Labute approximate surface area is 191 Å². The monoisotopic (exact) mass is 454 g/mol. The number of benzene rings is 1. The molecule has 8 nitrogen and oxygen atoms in total. The predicted molar refractivity (Wildman–Crippen MR) is 126 cm³/mol. The lowest BCUT2D eigenvalue weighted by atomic mass is 9.79. The summed E-state index contributed by atoms with van der Waals surface area (Å²) in [5, 5.41) is 7.78. The molecule has 0 saturated carbocycles. The van der Waals surface area contributed by atoms with Gasteiger partial charge >= 0.3 is 0 Å². The predicted octanol–water partition coefficient (Wildman–Crippen LogP) is 4.27. The maximum absolute atomic E-state index is 13.1. The van der Waals surface area contributed by atoms with Gasteiger partial charge in [-0.15, -0.1) is 0 Å². The van der Waals surface area contributed by atoms with Crippen molar-refractivity contribution >= 4 is 34.4 Å². The zero-order chi connectivity index (χ0) is 22.6. The van der Waals surface area contributed by atoms with Gasteiger partial charge in [0.15, 0.2) is 0 Å². The number of nitrogens with one attached hydrogen (secondary N) is 2. The minimum Gasteiger partial charge on any atom is -0.356 e. The van der Waals surface area contributed by atoms with Crippen molar-refractivity contribution < 1.29 is 4.79 Å². The van der Waals surface area contributed by atoms with Crippen LogP contribution in [0.2, 0.25) is 5.02 Å². The zero-order valence-corrected chi connectivity index (χ0v) is 18.8. The number of hydrogen-bond donors (Lipinski definition) is 2. The molecule has 1 unspecified atom stereocenters. The SMILES string of the molecule is CC1(C(=O)NCC(CCN=O)c2ccc(Cl)cc2)CCN(c2ncnc3[nH]ccc23)CC1. The highest BCUT2D eigenvalue weighted by atomic mass is 35.5. The normalized spacial score (nSPS) is 16.6. The molecule has 1 aliphatic rings. The molecule has 2 N–H and O–H groups in total. The van der Waals surface area contributed by atoms with E-state index in [1.54, 1.807) is 6.33 Å². The number of nitroso groups, excluding NO2 is 1. The van der Waals surface area contributed by atoms with Crippen molar-refractivity contribution in [3.05, 3.63) is 58.3 Å². The second kappa shape index (κ2) is 9.65. The molecular formula is C23H27ClN6O2. The molecule has 168 valence electrons. The van der Waals surface area contributed by atoms with Crippen LogP contribution >= 0.6 is 11.6 Å². The lowest BCUT2D eigenvalue weighted by Crippen LogP contribution is -2.48. The highest BCUT2D eigenvalue weighted by molar-refractivity contribution is 6.30. The molecule has 0 aliphatic carbocycles. The van der Waals surface area contributed by atoms with E-state index in [0.29, 0.717) is 18.0 Å². The molecular weight excluding hydrogens is 428 g/mol. The fourth-order valence-corrected chi connectivity index (χ4v) is 4.44. The van der Waals surface area contributed by atoms with Crippen LogP contribution in [0.3, 0.4) is 0 Å². The second-order valence-corrected chi connectivity index (χ2v) is 9.02. The van der Waals surface area contributed by atoms with Crippen LogP contribution in [-0.4, -0.2) is 47.0 Å². The number of hydrogen-bond acceptors (Lipinski definition) is 6. The topological polar surface area (TPSA) is 103 Å². The summed E-state index contributed by atoms with van der Waals surface area (Å²) in [4.78, 5) is 37.9. The van der Waals surface area contributed by atoms with Crippen LogP contribution in [0.1, 0.15) is 37.7 Å². The van der Waals surface area contributed by atoms with E-state index in [4.69, 9.17) is 11.6 Å². The highest BCUT2D eigenvalue weighted by Crippen LogP contribution is 2.34. The van der Waals surface area contributed by atoms with Crippen molar-refractivity contribution in [3.8, 4) is 0 Å². The third-order valence-electron chi connectivity index (χ3n) is 6.47. The summed E-state index contributed by atoms with van der Waals surface area (Å²) in [6.07, 6.45) is 5.48. The van der Waals surface area contributed by atoms with Crippen molar-refractivity contribution in [1.29, 1.82) is 0 Å². The Bertz CT molecular complexity index is 1080. The van der Waals surface area contributed by atoms with Gasteiger partial charge in [-0.3, -0.25) is 4.79 Å². The number of piperidine rings is 1. The van der Waals surface area contributed by atoms with E-state index in [-0.39, 0.29) is 18.4 Å². The molecule has 2 aromatic heterocycles. The van der Waals surface area contributed by atoms with Gasteiger partial charge in [0.05, 0.1) is 11.9 Å². The maximum atomic E-state index is 13.1. The van der Waals surface area contributed by atoms with E-state index in [9.17, 15) is 9.70 Å². The van der Waals surface area contributed by atoms with E-state index >= 15 is 0 Å². The molecule has 3 aromatic rings. The summed E-state index contributed by atoms with van der Waals surface area (Å²) in [5.74, 6) is 0.966. The van der Waals surface area contributed by atoms with Gasteiger partial charge in [-0.1, -0.05) is 35.8 Å². The van der Waals surface area contributed by atoms with Crippen molar-refractivity contribution in [3.63, 3.8) is 0 Å². The van der Waals surface area contributed by atoms with Gasteiger partial charge in [-0.05, 0) is 43.0 Å². The molecule has 32 heavy (non-hydrogen) atoms. The van der Waals surface area contributed by atoms with Gasteiger partial charge in [0.2, 0.25) is 5.91 Å². The third-order valence-corrected chi connectivity index (χ3v) is 6.72. The van der Waals surface area contributed by atoms with E-state index in [2.05, 4.69) is 30.3 Å². The van der Waals surface area contributed by atoms with Gasteiger partial charge in [0.25, 0.3) is 0 Å². The molecule has 1 fully saturated rings. The second-order valence-electron chi connectivity index (χ2n) is 8.58. The largest absolute Gasteiger partial charge is 0.356 e. The van der Waals surface area contributed by atoms with Crippen molar-refractivity contribution in [1.82, 2.24) is 20.3 Å². The summed E-state index contributed by atoms with van der Waals surface area (Å²) in [6, 6.07) is 9.51. The molecule has 1 amide bonds. The highest BCUT2D eigenvalue weighted by Gasteiger charge is 2.37. The molecule has 4 rings (SSSR count). The Morgan fingerprint density at radius 3 is 2.72 bits per heavy atom. The average Bonchev–Trinajstić information content (AvgIpc) is 3.29. The van der Waals surface area contributed by atoms with Crippen LogP contribution < -0.4 is 10.2 Å². The smallest absolute Gasteiger partial charge is 0.226 e. The van der Waals surface area contributed by atoms with E-state index in [0.717, 1.165) is 48.3 Å². The molecule has 0 bridgehead atoms. The summed E-state index contributed by atoms with van der Waals surface area (Å²) >= 11 is 6.00. The number of anilines is 1. The Kier molecular flexibility index (Phi) is 6.69. The quantitative estimate of drug-likeness (QED) is 0.494. The summed E-state index contributed by atoms with van der Waals surface area (Å²) in [7, 11) is 0. The standard InChI is InChI=1S/C23H27ClN6O2/c1-23(8-12-30(13-9-23)21-19-7-10-25-20(19)27-15-28-21)22(31)26-14-17(6-11-29-32)16-2-4-18(24)5-3-16/h2-5,7,10,15,17H,6,8-9,11-14H2,1H3,(H,26,31)(H,25,27,28). The number of halogens is 1. The number of aromatic amines is 1. The number of H-pyrrole nitrogens is 1. The van der Waals surface area contributed by atoms with Crippen LogP contribution in [0.4, 0.5) is 5.82 Å². The minimum atomic E-state index is -0.450. The molecule has 9 heteroatoms. The number of nitrogens with zero attached hydrogens (tertiary/aromatic N) is 4. The maximum Gasteiger partial charge on any atom is 0.226 e. The first-order chi connectivity index (χ1) is 15.5. The van der Waals surface area contributed by atoms with Gasteiger partial charge in [0, 0.05) is 42.2 Å². The molecule has 1 aliphatic heterocycles. The van der Waals surface area contributed by atoms with Crippen molar-refractivity contribution in [2.24, 2.45) is 10.6 Å². The number of rotatable bonds is 8. The first-order valence-electron chi connectivity index (χ1n) is 10.9. The van der Waals surface area contributed by atoms with Crippen LogP contribution in [-0.2, 0) is 4.79 Å². The average molecular weight is 455 g/mol. The van der Waals surface area contributed by atoms with Gasteiger partial charge in [-0.2, -0.15) is 4.91 Å². The van der Waals surface area contributed by atoms with Crippen LogP contribution in [0.5, 0.6) is 0 Å². The zero-order valence-electron chi connectivity index (χ0n) is 18.1. The Morgan fingerprint density at radius 1 is 1.25 bits per heavy atom. The molecule has 1 aromatic carbocycles. The first kappa shape index (κ1) is 22.2. The lowest BCUT2D eigenvalue weighted by molar-refractivity contribution is -0.131. The third kappa shape index (κ3) is 4.75. The number of carbonyl (C=O) groups excluding carboxylic acids is 1. The van der Waals surface area contributed by atoms with E-state index < -0.39 is 5.41 Å². The fourth-order valence-electron chi connectivity index (χ4n) is 4.31. The van der Waals surface area contributed by atoms with Crippen molar-refractivity contribution in [2.45, 2.75) is 32.1 Å². The summed E-state index contributed by atoms with van der Waals surface area (Å²) < 4.78 is 0. The summed E-state index contributed by atoms with van der Waals surface area (Å²) in [6.45, 7) is 4.19. The van der Waals surface area contributed by atoms with Crippen molar-refractivity contribution in [2.75, 3.05) is 31.1 Å². The van der Waals surface area contributed by atoms with E-state index in [1.165, 1.54) is 0 Å².